The third kappa shape index (κ3) is 5.98. The molecule has 0 atom stereocenters. The summed E-state index contributed by atoms with van der Waals surface area (Å²) in [5.41, 5.74) is 0.667. The Labute approximate surface area is 216 Å². The quantitative estimate of drug-likeness (QED) is 0.375. The van der Waals surface area contributed by atoms with Crippen LogP contribution in [0.15, 0.2) is 52.4 Å². The third-order valence-corrected chi connectivity index (χ3v) is 8.31. The van der Waals surface area contributed by atoms with Crippen molar-refractivity contribution in [2.45, 2.75) is 24.3 Å². The Morgan fingerprint density at radius 2 is 1.75 bits per heavy atom. The molecular formula is C23H20ClN5O5S2. The zero-order valence-electron chi connectivity index (χ0n) is 19.0. The van der Waals surface area contributed by atoms with Gasteiger partial charge in [0.15, 0.2) is 4.80 Å². The SMILES string of the molecule is COC(=O)Cn1c(=NC(=O)c2ccc(S(=O)(=O)N(CCC#N)CCC#N)cc2)sc2cccc(Cl)c21. The van der Waals surface area contributed by atoms with Crippen LogP contribution in [0.1, 0.15) is 23.2 Å². The highest BCUT2D eigenvalue weighted by Crippen LogP contribution is 2.25. The van der Waals surface area contributed by atoms with Crippen molar-refractivity contribution in [3.05, 3.63) is 57.9 Å². The Hall–Kier alpha value is -3.55. The highest BCUT2D eigenvalue weighted by atomic mass is 35.5. The topological polar surface area (TPSA) is 146 Å². The van der Waals surface area contributed by atoms with Gasteiger partial charge in [-0.1, -0.05) is 29.0 Å². The fourth-order valence-corrected chi connectivity index (χ4v) is 6.11. The Morgan fingerprint density at radius 3 is 2.33 bits per heavy atom. The van der Waals surface area contributed by atoms with Crippen molar-refractivity contribution in [3.63, 3.8) is 0 Å². The van der Waals surface area contributed by atoms with E-state index in [1.807, 2.05) is 12.1 Å². The van der Waals surface area contributed by atoms with Gasteiger partial charge in [-0.3, -0.25) is 9.59 Å². The number of halogens is 1. The number of fused-ring (bicyclic) bond motifs is 1. The summed E-state index contributed by atoms with van der Waals surface area (Å²) >= 11 is 7.48. The van der Waals surface area contributed by atoms with E-state index in [0.29, 0.717) is 15.2 Å². The molecule has 0 aliphatic carbocycles. The van der Waals surface area contributed by atoms with Crippen LogP contribution in [0.2, 0.25) is 5.02 Å². The van der Waals surface area contributed by atoms with Gasteiger partial charge in [0.1, 0.15) is 6.54 Å². The average molecular weight is 546 g/mol. The van der Waals surface area contributed by atoms with Crippen LogP contribution in [0.25, 0.3) is 10.2 Å². The van der Waals surface area contributed by atoms with E-state index in [1.165, 1.54) is 47.3 Å². The summed E-state index contributed by atoms with van der Waals surface area (Å²) in [6.07, 6.45) is -0.0459. The van der Waals surface area contributed by atoms with Gasteiger partial charge in [-0.25, -0.2) is 8.42 Å². The Bertz CT molecular complexity index is 1530. The normalized spacial score (nSPS) is 11.9. The van der Waals surface area contributed by atoms with E-state index in [9.17, 15) is 18.0 Å². The van der Waals surface area contributed by atoms with Gasteiger partial charge < -0.3 is 9.30 Å². The van der Waals surface area contributed by atoms with E-state index < -0.39 is 21.9 Å². The van der Waals surface area contributed by atoms with Gasteiger partial charge in [0.2, 0.25) is 10.0 Å². The maximum Gasteiger partial charge on any atom is 0.325 e. The molecular weight excluding hydrogens is 526 g/mol. The lowest BCUT2D eigenvalue weighted by atomic mass is 10.2. The molecule has 0 radical (unpaired) electrons. The minimum Gasteiger partial charge on any atom is -0.468 e. The van der Waals surface area contributed by atoms with E-state index in [2.05, 4.69) is 4.99 Å². The molecule has 1 amide bonds. The molecule has 13 heteroatoms. The number of methoxy groups -OCH3 is 1. The van der Waals surface area contributed by atoms with Gasteiger partial charge in [0, 0.05) is 31.5 Å². The van der Waals surface area contributed by atoms with Crippen molar-refractivity contribution in [2.24, 2.45) is 4.99 Å². The average Bonchev–Trinajstić information content (AvgIpc) is 3.21. The third-order valence-electron chi connectivity index (χ3n) is 5.05. The molecule has 0 saturated heterocycles. The van der Waals surface area contributed by atoms with Crippen molar-refractivity contribution in [1.29, 1.82) is 10.5 Å². The number of para-hydroxylation sites is 1. The van der Waals surface area contributed by atoms with Crippen molar-refractivity contribution in [2.75, 3.05) is 20.2 Å². The molecule has 1 aromatic heterocycles. The highest BCUT2D eigenvalue weighted by molar-refractivity contribution is 7.89. The minimum absolute atomic E-state index is 0.0230. The first-order chi connectivity index (χ1) is 17.2. The number of ether oxygens (including phenoxy) is 1. The van der Waals surface area contributed by atoms with Gasteiger partial charge >= 0.3 is 5.97 Å². The predicted octanol–water partition coefficient (Wildman–Crippen LogP) is 3.09. The molecule has 36 heavy (non-hydrogen) atoms. The number of benzene rings is 2. The van der Waals surface area contributed by atoms with Crippen molar-refractivity contribution in [3.8, 4) is 12.1 Å². The number of hydrogen-bond donors (Lipinski definition) is 0. The van der Waals surface area contributed by atoms with Crippen molar-refractivity contribution in [1.82, 2.24) is 8.87 Å². The summed E-state index contributed by atoms with van der Waals surface area (Å²) in [4.78, 5) is 29.2. The molecule has 3 rings (SSSR count). The molecule has 10 nitrogen and oxygen atoms in total. The summed E-state index contributed by atoms with van der Waals surface area (Å²) in [5, 5.41) is 18.0. The lowest BCUT2D eigenvalue weighted by Gasteiger charge is -2.20. The summed E-state index contributed by atoms with van der Waals surface area (Å²) in [5.74, 6) is -1.19. The molecule has 0 saturated carbocycles. The standard InChI is InChI=1S/C23H20ClN5O5S2/c1-34-20(30)15-29-21-18(24)5-2-6-19(21)35-23(29)27-22(31)16-7-9-17(10-8-16)36(32,33)28(13-3-11-25)14-4-12-26/h2,5-10H,3-4,13-15H2,1H3. The van der Waals surface area contributed by atoms with Crippen LogP contribution in [0, 0.1) is 22.7 Å². The molecule has 0 aliphatic rings. The monoisotopic (exact) mass is 545 g/mol. The van der Waals surface area contributed by atoms with E-state index in [0.717, 1.165) is 4.31 Å². The number of amides is 1. The van der Waals surface area contributed by atoms with Crippen LogP contribution in [0.4, 0.5) is 0 Å². The van der Waals surface area contributed by atoms with E-state index in [4.69, 9.17) is 26.9 Å². The zero-order chi connectivity index (χ0) is 26.3. The lowest BCUT2D eigenvalue weighted by molar-refractivity contribution is -0.141. The second-order valence-electron chi connectivity index (χ2n) is 7.30. The number of thiazole rings is 1. The van der Waals surface area contributed by atoms with Gasteiger partial charge in [0.05, 0.1) is 39.4 Å². The molecule has 0 fully saturated rings. The number of sulfonamides is 1. The fourth-order valence-electron chi connectivity index (χ4n) is 3.28. The number of carbonyl (C=O) groups is 2. The summed E-state index contributed by atoms with van der Waals surface area (Å²) in [7, 11) is -2.72. The zero-order valence-corrected chi connectivity index (χ0v) is 21.4. The van der Waals surface area contributed by atoms with E-state index >= 15 is 0 Å². The van der Waals surface area contributed by atoms with Crippen LogP contribution < -0.4 is 4.80 Å². The highest BCUT2D eigenvalue weighted by Gasteiger charge is 2.24. The van der Waals surface area contributed by atoms with Crippen molar-refractivity contribution >= 4 is 55.1 Å². The molecule has 0 unspecified atom stereocenters. The first kappa shape index (κ1) is 27.0. The number of nitrogens with zero attached hydrogens (tertiary/aromatic N) is 5. The van der Waals surface area contributed by atoms with E-state index in [-0.39, 0.29) is 47.7 Å². The van der Waals surface area contributed by atoms with Gasteiger partial charge in [0.25, 0.3) is 5.91 Å². The summed E-state index contributed by atoms with van der Waals surface area (Å²) in [6, 6.07) is 14.2. The van der Waals surface area contributed by atoms with Gasteiger partial charge in [-0.05, 0) is 36.4 Å². The number of esters is 1. The predicted molar refractivity (Wildman–Crippen MR) is 132 cm³/mol. The number of carbonyl (C=O) groups excluding carboxylic acids is 2. The molecule has 0 N–H and O–H groups in total. The fraction of sp³-hybridized carbons (Fsp3) is 0.261. The Morgan fingerprint density at radius 1 is 1.11 bits per heavy atom. The smallest absolute Gasteiger partial charge is 0.325 e. The first-order valence-electron chi connectivity index (χ1n) is 10.5. The molecule has 1 heterocycles. The molecule has 0 aliphatic heterocycles. The number of rotatable bonds is 9. The molecule has 3 aromatic rings. The second kappa shape index (κ2) is 11.9. The number of nitriles is 2. The second-order valence-corrected chi connectivity index (χ2v) is 10.6. The van der Waals surface area contributed by atoms with Crippen LogP contribution in [0.3, 0.4) is 0 Å². The Kier molecular flexibility index (Phi) is 8.96. The largest absolute Gasteiger partial charge is 0.468 e. The maximum atomic E-state index is 13.0. The maximum absolute atomic E-state index is 13.0. The van der Waals surface area contributed by atoms with Gasteiger partial charge in [-0.15, -0.1) is 0 Å². The Balaban J connectivity index is 1.96. The van der Waals surface area contributed by atoms with Crippen molar-refractivity contribution < 1.29 is 22.7 Å². The molecule has 0 bridgehead atoms. The van der Waals surface area contributed by atoms with Gasteiger partial charge in [-0.2, -0.15) is 19.8 Å². The van der Waals surface area contributed by atoms with Crippen LogP contribution >= 0.6 is 22.9 Å². The minimum atomic E-state index is -3.97. The number of aromatic nitrogens is 1. The molecule has 2 aromatic carbocycles. The first-order valence-corrected chi connectivity index (χ1v) is 13.1. The van der Waals surface area contributed by atoms with Crippen LogP contribution in [-0.2, 0) is 26.1 Å². The summed E-state index contributed by atoms with van der Waals surface area (Å²) < 4.78 is 34.0. The molecule has 186 valence electrons. The van der Waals surface area contributed by atoms with E-state index in [1.54, 1.807) is 18.2 Å². The van der Waals surface area contributed by atoms with Crippen LogP contribution in [-0.4, -0.2) is 49.4 Å². The van der Waals surface area contributed by atoms with Crippen LogP contribution in [0.5, 0.6) is 0 Å². The lowest BCUT2D eigenvalue weighted by Crippen LogP contribution is -2.32. The molecule has 0 spiro atoms. The number of hydrogen-bond acceptors (Lipinski definition) is 8. The summed E-state index contributed by atoms with van der Waals surface area (Å²) in [6.45, 7) is -0.304.